The van der Waals surface area contributed by atoms with Gasteiger partial charge in [0.15, 0.2) is 10.3 Å². The van der Waals surface area contributed by atoms with E-state index in [0.29, 0.717) is 30.0 Å². The van der Waals surface area contributed by atoms with Gasteiger partial charge in [-0.15, -0.1) is 0 Å². The minimum atomic E-state index is -4.67. The summed E-state index contributed by atoms with van der Waals surface area (Å²) in [7, 11) is -2.92. The highest BCUT2D eigenvalue weighted by atomic mass is 32.3. The molecule has 1 aromatic heterocycles. The lowest BCUT2D eigenvalue weighted by atomic mass is 10.1. The molecule has 2 aliphatic heterocycles. The van der Waals surface area contributed by atoms with Gasteiger partial charge in [-0.2, -0.15) is 8.42 Å². The van der Waals surface area contributed by atoms with E-state index in [4.69, 9.17) is 39.5 Å². The molecule has 0 aliphatic carbocycles. The largest absolute Gasteiger partial charge is 0.443 e. The van der Waals surface area contributed by atoms with E-state index in [2.05, 4.69) is 9.97 Å². The number of alkyl halides is 1. The molecule has 48 heavy (non-hydrogen) atoms. The summed E-state index contributed by atoms with van der Waals surface area (Å²) in [6.45, 7) is 10.9. The predicted octanol–water partition coefficient (Wildman–Crippen LogP) is 4.06. The van der Waals surface area contributed by atoms with Crippen LogP contribution in [0.5, 0.6) is 0 Å². The molecule has 0 aromatic carbocycles. The number of carbonyl (C=O) groups is 5. The first-order valence-electron chi connectivity index (χ1n) is 14.3. The predicted molar refractivity (Wildman–Crippen MR) is 180 cm³/mol. The van der Waals surface area contributed by atoms with Crippen LogP contribution in [0.3, 0.4) is 0 Å². The van der Waals surface area contributed by atoms with Crippen molar-refractivity contribution in [3.05, 3.63) is 17.5 Å². The molecule has 3 rings (SSSR count). The number of halogens is 1. The summed E-state index contributed by atoms with van der Waals surface area (Å²) in [4.78, 5) is 68.5. The number of nitrogens with one attached hydrogen (secondary N) is 1. The maximum atomic E-state index is 12.3. The van der Waals surface area contributed by atoms with Crippen LogP contribution in [0.1, 0.15) is 79.2 Å². The number of Topliss-reactive ketones (excluding diaryl/α,β-unsaturated/α-hetero) is 1. The van der Waals surface area contributed by atoms with E-state index in [0.717, 1.165) is 9.80 Å². The molecule has 0 radical (unpaired) electrons. The quantitative estimate of drug-likeness (QED) is 0.0788. The number of ether oxygens (including phenoxy) is 2. The second kappa shape index (κ2) is 22.3. The molecule has 17 nitrogen and oxygen atoms in total. The molecule has 0 saturated carbocycles. The number of rotatable bonds is 1. The van der Waals surface area contributed by atoms with Gasteiger partial charge in [0.1, 0.15) is 17.0 Å². The summed E-state index contributed by atoms with van der Waals surface area (Å²) in [5, 5.41) is 7.28. The molecule has 4 amide bonds. The first-order chi connectivity index (χ1) is 22.4. The molecule has 0 spiro atoms. The topological polar surface area (TPSA) is 261 Å². The SMILES string of the molecule is CC(C)(C)OC(=O)N1CCC(=O)CC1=O.CF.CSC(=N)N.CSc1ncc2c(n1)CCN(C(=O)OC(C)(C)C)C2=O.O=S(=O)(O)O.[2H]C. The van der Waals surface area contributed by atoms with Crippen molar-refractivity contribution in [2.45, 2.75) is 84.6 Å². The van der Waals surface area contributed by atoms with Crippen LogP contribution >= 0.6 is 23.5 Å². The fraction of sp³-hybridized carbons (Fsp3) is 0.630. The third-order valence-electron chi connectivity index (χ3n) is 4.79. The fourth-order valence-corrected chi connectivity index (χ4v) is 3.41. The van der Waals surface area contributed by atoms with Crippen molar-refractivity contribution in [1.82, 2.24) is 19.8 Å². The van der Waals surface area contributed by atoms with Gasteiger partial charge in [-0.05, 0) is 54.1 Å². The smallest absolute Gasteiger partial charge is 0.417 e. The summed E-state index contributed by atoms with van der Waals surface area (Å²) in [6, 6.07) is 0. The van der Waals surface area contributed by atoms with Crippen LogP contribution in [-0.4, -0.2) is 116 Å². The molecule has 1 saturated heterocycles. The average molecular weight is 748 g/mol. The maximum Gasteiger partial charge on any atom is 0.417 e. The summed E-state index contributed by atoms with van der Waals surface area (Å²) in [5.41, 5.74) is 4.65. The Kier molecular flexibility index (Phi) is 21.7. The summed E-state index contributed by atoms with van der Waals surface area (Å²) in [5.74, 6) is -0.992. The minimum absolute atomic E-state index is 0.125. The Balaban J connectivity index is -0.000000639. The molecule has 1 fully saturated rings. The molecule has 5 N–H and O–H groups in total. The Morgan fingerprint density at radius 3 is 1.79 bits per heavy atom. The second-order valence-corrected chi connectivity index (χ2v) is 13.4. The van der Waals surface area contributed by atoms with Crippen molar-refractivity contribution in [3.63, 3.8) is 0 Å². The Morgan fingerprint density at radius 1 is 1.00 bits per heavy atom. The lowest BCUT2D eigenvalue weighted by molar-refractivity contribution is -0.138. The third-order valence-corrected chi connectivity index (χ3v) is 5.79. The molecular weight excluding hydrogens is 700 g/mol. The molecule has 276 valence electrons. The second-order valence-electron chi connectivity index (χ2n) is 10.9. The molecule has 0 atom stereocenters. The number of piperidine rings is 1. The van der Waals surface area contributed by atoms with Crippen LogP contribution in [0.15, 0.2) is 11.4 Å². The monoisotopic (exact) mass is 747 g/mol. The van der Waals surface area contributed by atoms with Crippen LogP contribution in [0.2, 0.25) is 0 Å². The standard InChI is InChI=1S/C13H17N3O3S.C10H15NO4.C2H6N2S.CH3F.CH4.H2O4S/c1-13(2,3)19-12(18)16-6-5-9-8(10(16)17)7-14-11(15-9)20-4;1-10(2,3)15-9(14)11-5-4-7(12)6-8(11)13;1-5-2(3)4;1-2;;1-5(2,3)4/h7H,5-6H2,1-4H3;4-6H2,1-3H3;1H3,(H3,3,4);1H3;1H4;(H2,1,2,3,4)/i;;;;1D;. The van der Waals surface area contributed by atoms with Gasteiger partial charge in [0.2, 0.25) is 5.91 Å². The summed E-state index contributed by atoms with van der Waals surface area (Å²) >= 11 is 2.66. The molecule has 3 heterocycles. The van der Waals surface area contributed by atoms with E-state index in [9.17, 15) is 28.4 Å². The Labute approximate surface area is 290 Å². The fourth-order valence-electron chi connectivity index (χ4n) is 3.05. The number of hydrogen-bond acceptors (Lipinski definition) is 14. The van der Waals surface area contributed by atoms with E-state index in [1.165, 1.54) is 37.1 Å². The van der Waals surface area contributed by atoms with Gasteiger partial charge in [-0.25, -0.2) is 29.4 Å². The van der Waals surface area contributed by atoms with Crippen molar-refractivity contribution in [2.24, 2.45) is 5.73 Å². The Hall–Kier alpha value is -3.40. The van der Waals surface area contributed by atoms with Crippen molar-refractivity contribution >= 4 is 68.9 Å². The van der Waals surface area contributed by atoms with Crippen LogP contribution in [0.4, 0.5) is 14.0 Å². The van der Waals surface area contributed by atoms with Gasteiger partial charge in [0.25, 0.3) is 5.91 Å². The number of likely N-dealkylation sites (tertiary alicyclic amines) is 1. The van der Waals surface area contributed by atoms with E-state index in [-0.39, 0.29) is 36.9 Å². The van der Waals surface area contributed by atoms with E-state index in [1.807, 2.05) is 6.26 Å². The average Bonchev–Trinajstić information content (AvgIpc) is 2.97. The maximum absolute atomic E-state index is 12.3. The van der Waals surface area contributed by atoms with Crippen LogP contribution in [-0.2, 0) is 35.9 Å². The number of ketones is 1. The van der Waals surface area contributed by atoms with Crippen LogP contribution in [0.25, 0.3) is 0 Å². The van der Waals surface area contributed by atoms with Gasteiger partial charge in [0, 0.05) is 33.5 Å². The number of nitrogens with two attached hydrogens (primary N) is 1. The molecule has 0 bridgehead atoms. The van der Waals surface area contributed by atoms with Crippen molar-refractivity contribution < 1.29 is 56.7 Å². The van der Waals surface area contributed by atoms with Crippen LogP contribution < -0.4 is 5.73 Å². The molecular formula is C27H47FN6O11S3. The number of amides is 4. The van der Waals surface area contributed by atoms with Crippen LogP contribution in [0, 0.1) is 5.41 Å². The number of thioether (sulfide) groups is 2. The Bertz CT molecular complexity index is 1370. The van der Waals surface area contributed by atoms with Gasteiger partial charge in [-0.3, -0.25) is 33.3 Å². The highest BCUT2D eigenvalue weighted by Crippen LogP contribution is 2.21. The van der Waals surface area contributed by atoms with Gasteiger partial charge in [0.05, 0.1) is 24.9 Å². The number of aromatic nitrogens is 2. The molecule has 2 aliphatic rings. The number of imide groups is 2. The number of hydrogen-bond donors (Lipinski definition) is 4. The number of fused-ring (bicyclic) bond motifs is 1. The zero-order valence-corrected chi connectivity index (χ0v) is 31.1. The molecule has 0 unspecified atom stereocenters. The normalized spacial score (nSPS) is 14.1. The Morgan fingerprint density at radius 2 is 1.42 bits per heavy atom. The molecule has 21 heteroatoms. The van der Waals surface area contributed by atoms with Crippen molar-refractivity contribution in [1.29, 1.82) is 5.41 Å². The first-order valence-corrected chi connectivity index (χ1v) is 17.2. The van der Waals surface area contributed by atoms with Crippen molar-refractivity contribution in [2.75, 3.05) is 32.8 Å². The van der Waals surface area contributed by atoms with E-state index < -0.39 is 45.6 Å². The highest BCUT2D eigenvalue weighted by Gasteiger charge is 2.34. The van der Waals surface area contributed by atoms with Crippen molar-refractivity contribution in [3.8, 4) is 0 Å². The number of carbonyl (C=O) groups excluding carboxylic acids is 5. The van der Waals surface area contributed by atoms with Gasteiger partial charge in [-0.1, -0.05) is 30.9 Å². The van der Waals surface area contributed by atoms with E-state index >= 15 is 0 Å². The van der Waals surface area contributed by atoms with Gasteiger partial charge >= 0.3 is 22.6 Å². The number of nitrogens with zero attached hydrogens (tertiary/aromatic N) is 4. The van der Waals surface area contributed by atoms with Gasteiger partial charge < -0.3 is 15.2 Å². The van der Waals surface area contributed by atoms with E-state index in [1.54, 1.807) is 47.8 Å². The lowest BCUT2D eigenvalue weighted by Gasteiger charge is -2.29. The highest BCUT2D eigenvalue weighted by molar-refractivity contribution is 8.13. The zero-order valence-electron chi connectivity index (χ0n) is 29.7. The summed E-state index contributed by atoms with van der Waals surface area (Å²) < 4.78 is 57.1. The zero-order chi connectivity index (χ0) is 39.3. The summed E-state index contributed by atoms with van der Waals surface area (Å²) in [6.07, 6.45) is 4.39. The minimum Gasteiger partial charge on any atom is -0.443 e. The third kappa shape index (κ3) is 22.2. The number of amidine groups is 1. The molecule has 1 aromatic rings. The lowest BCUT2D eigenvalue weighted by Crippen LogP contribution is -2.45. The first kappa shape index (κ1) is 46.7.